The van der Waals surface area contributed by atoms with Gasteiger partial charge in [-0.3, -0.25) is 0 Å². The van der Waals surface area contributed by atoms with Crippen LogP contribution in [0.15, 0.2) is 0 Å². The van der Waals surface area contributed by atoms with E-state index in [1.165, 1.54) is 41.4 Å². The Morgan fingerprint density at radius 2 is 1.88 bits per heavy atom. The molecule has 0 aromatic carbocycles. The highest BCUT2D eigenvalue weighted by atomic mass is 32.1. The Morgan fingerprint density at radius 1 is 1.24 bits per heavy atom. The van der Waals surface area contributed by atoms with Crippen LogP contribution >= 0.6 is 11.3 Å². The quantitative estimate of drug-likeness (QED) is 0.898. The number of aryl methyl sites for hydroxylation is 2. The van der Waals surface area contributed by atoms with Crippen molar-refractivity contribution in [2.75, 3.05) is 19.0 Å². The van der Waals surface area contributed by atoms with Gasteiger partial charge in [0.15, 0.2) is 5.13 Å². The summed E-state index contributed by atoms with van der Waals surface area (Å²) >= 11 is 1.82. The van der Waals surface area contributed by atoms with Gasteiger partial charge in [0.1, 0.15) is 0 Å². The summed E-state index contributed by atoms with van der Waals surface area (Å²) in [5.74, 6) is 0. The molecular weight excluding hydrogens is 230 g/mol. The predicted molar refractivity (Wildman–Crippen MR) is 75.1 cm³/mol. The summed E-state index contributed by atoms with van der Waals surface area (Å²) in [6, 6.07) is 1.39. The second-order valence-corrected chi connectivity index (χ2v) is 6.22. The summed E-state index contributed by atoms with van der Waals surface area (Å²) < 4.78 is 0. The molecule has 2 rings (SSSR count). The van der Waals surface area contributed by atoms with Crippen molar-refractivity contribution in [2.45, 2.75) is 51.6 Å². The normalized spacial score (nSPS) is 24.9. The first-order chi connectivity index (χ1) is 8.11. The molecule has 0 unspecified atom stereocenters. The van der Waals surface area contributed by atoms with Crippen molar-refractivity contribution in [1.29, 1.82) is 0 Å². The van der Waals surface area contributed by atoms with Gasteiger partial charge in [0.25, 0.3) is 0 Å². The van der Waals surface area contributed by atoms with Crippen LogP contribution in [0.25, 0.3) is 0 Å². The van der Waals surface area contributed by atoms with E-state index in [1.54, 1.807) is 0 Å². The highest BCUT2D eigenvalue weighted by Crippen LogP contribution is 2.30. The molecule has 1 aromatic rings. The van der Waals surface area contributed by atoms with Gasteiger partial charge in [-0.05, 0) is 46.6 Å². The van der Waals surface area contributed by atoms with Gasteiger partial charge in [-0.25, -0.2) is 4.98 Å². The van der Waals surface area contributed by atoms with Gasteiger partial charge >= 0.3 is 0 Å². The van der Waals surface area contributed by atoms with Crippen molar-refractivity contribution in [2.24, 2.45) is 0 Å². The monoisotopic (exact) mass is 253 g/mol. The zero-order chi connectivity index (χ0) is 12.4. The lowest BCUT2D eigenvalue weighted by Gasteiger charge is -2.34. The van der Waals surface area contributed by atoms with Crippen LogP contribution < -0.4 is 10.2 Å². The average molecular weight is 253 g/mol. The fourth-order valence-corrected chi connectivity index (χ4v) is 3.46. The summed E-state index contributed by atoms with van der Waals surface area (Å²) in [6.07, 6.45) is 5.13. The lowest BCUT2D eigenvalue weighted by molar-refractivity contribution is 0.351. The summed E-state index contributed by atoms with van der Waals surface area (Å²) in [5, 5.41) is 4.57. The van der Waals surface area contributed by atoms with Crippen molar-refractivity contribution < 1.29 is 0 Å². The largest absolute Gasteiger partial charge is 0.348 e. The maximum atomic E-state index is 4.65. The molecule has 1 N–H and O–H groups in total. The second kappa shape index (κ2) is 5.36. The molecule has 1 fully saturated rings. The van der Waals surface area contributed by atoms with E-state index in [0.29, 0.717) is 6.04 Å². The maximum Gasteiger partial charge on any atom is 0.185 e. The van der Waals surface area contributed by atoms with Crippen LogP contribution in [0.5, 0.6) is 0 Å². The molecule has 1 saturated carbocycles. The molecule has 4 heteroatoms. The lowest BCUT2D eigenvalue weighted by atomic mass is 9.91. The van der Waals surface area contributed by atoms with Crippen molar-refractivity contribution in [3.8, 4) is 0 Å². The van der Waals surface area contributed by atoms with Gasteiger partial charge in [-0.15, -0.1) is 11.3 Å². The molecule has 1 aliphatic carbocycles. The van der Waals surface area contributed by atoms with E-state index in [4.69, 9.17) is 0 Å². The van der Waals surface area contributed by atoms with Crippen molar-refractivity contribution in [3.05, 3.63) is 10.6 Å². The minimum atomic E-state index is 0.671. The van der Waals surface area contributed by atoms with E-state index in [2.05, 4.69) is 43.1 Å². The van der Waals surface area contributed by atoms with Crippen LogP contribution in [0.2, 0.25) is 0 Å². The molecule has 17 heavy (non-hydrogen) atoms. The SMILES string of the molecule is CNC1CCC(N(C)c2nc(C)c(C)s2)CC1. The molecule has 96 valence electrons. The average Bonchev–Trinajstić information content (AvgIpc) is 2.69. The van der Waals surface area contributed by atoms with Crippen LogP contribution in [-0.4, -0.2) is 31.2 Å². The van der Waals surface area contributed by atoms with Crippen molar-refractivity contribution in [3.63, 3.8) is 0 Å². The van der Waals surface area contributed by atoms with E-state index in [1.807, 2.05) is 11.3 Å². The number of aromatic nitrogens is 1. The smallest absolute Gasteiger partial charge is 0.185 e. The van der Waals surface area contributed by atoms with E-state index >= 15 is 0 Å². The Labute approximate surface area is 108 Å². The van der Waals surface area contributed by atoms with Gasteiger partial charge in [-0.1, -0.05) is 0 Å². The Hall–Kier alpha value is -0.610. The van der Waals surface area contributed by atoms with Gasteiger partial charge in [0.2, 0.25) is 0 Å². The Kier molecular flexibility index (Phi) is 4.05. The van der Waals surface area contributed by atoms with E-state index < -0.39 is 0 Å². The summed E-state index contributed by atoms with van der Waals surface area (Å²) in [6.45, 7) is 4.25. The third-order valence-corrected chi connectivity index (χ3v) is 5.14. The fourth-order valence-electron chi connectivity index (χ4n) is 2.51. The zero-order valence-corrected chi connectivity index (χ0v) is 12.1. The molecule has 0 bridgehead atoms. The third-order valence-electron chi connectivity index (χ3n) is 3.97. The van der Waals surface area contributed by atoms with E-state index in [9.17, 15) is 0 Å². The molecular formula is C13H23N3S. The summed E-state index contributed by atoms with van der Waals surface area (Å²) in [5.41, 5.74) is 1.18. The van der Waals surface area contributed by atoms with Gasteiger partial charge in [-0.2, -0.15) is 0 Å². The highest BCUT2D eigenvalue weighted by Gasteiger charge is 2.24. The predicted octanol–water partition coefficient (Wildman–Crippen LogP) is 2.73. The summed E-state index contributed by atoms with van der Waals surface area (Å²) in [7, 11) is 4.27. The van der Waals surface area contributed by atoms with Gasteiger partial charge in [0, 0.05) is 24.0 Å². The van der Waals surface area contributed by atoms with E-state index in [0.717, 1.165) is 6.04 Å². The number of hydrogen-bond acceptors (Lipinski definition) is 4. The first-order valence-electron chi connectivity index (χ1n) is 6.46. The lowest BCUT2D eigenvalue weighted by Crippen LogP contribution is -2.39. The van der Waals surface area contributed by atoms with Gasteiger partial charge < -0.3 is 10.2 Å². The number of anilines is 1. The Balaban J connectivity index is 1.99. The number of nitrogens with one attached hydrogen (secondary N) is 1. The Bertz CT molecular complexity index is 347. The molecule has 3 nitrogen and oxygen atoms in total. The zero-order valence-electron chi connectivity index (χ0n) is 11.3. The first kappa shape index (κ1) is 12.8. The molecule has 0 aliphatic heterocycles. The van der Waals surface area contributed by atoms with Crippen LogP contribution in [0.4, 0.5) is 5.13 Å². The molecule has 1 heterocycles. The van der Waals surface area contributed by atoms with E-state index in [-0.39, 0.29) is 0 Å². The first-order valence-corrected chi connectivity index (χ1v) is 7.27. The van der Waals surface area contributed by atoms with Crippen LogP contribution in [0.3, 0.4) is 0 Å². The van der Waals surface area contributed by atoms with Gasteiger partial charge in [0.05, 0.1) is 5.69 Å². The highest BCUT2D eigenvalue weighted by molar-refractivity contribution is 7.15. The number of hydrogen-bond donors (Lipinski definition) is 1. The molecule has 0 radical (unpaired) electrons. The van der Waals surface area contributed by atoms with Crippen molar-refractivity contribution in [1.82, 2.24) is 10.3 Å². The minimum absolute atomic E-state index is 0.671. The Morgan fingerprint density at radius 3 is 2.35 bits per heavy atom. The third kappa shape index (κ3) is 2.80. The number of rotatable bonds is 3. The second-order valence-electron chi connectivity index (χ2n) is 5.04. The molecule has 0 atom stereocenters. The van der Waals surface area contributed by atoms with Crippen LogP contribution in [0, 0.1) is 13.8 Å². The molecule has 1 aliphatic rings. The molecule has 0 amide bonds. The molecule has 0 spiro atoms. The van der Waals surface area contributed by atoms with Crippen LogP contribution in [-0.2, 0) is 0 Å². The maximum absolute atomic E-state index is 4.65. The number of thiazole rings is 1. The number of nitrogens with zero attached hydrogens (tertiary/aromatic N) is 2. The molecule has 1 aromatic heterocycles. The fraction of sp³-hybridized carbons (Fsp3) is 0.769. The van der Waals surface area contributed by atoms with Crippen molar-refractivity contribution >= 4 is 16.5 Å². The molecule has 0 saturated heterocycles. The van der Waals surface area contributed by atoms with Crippen LogP contribution in [0.1, 0.15) is 36.3 Å². The minimum Gasteiger partial charge on any atom is -0.348 e. The standard InChI is InChI=1S/C13H23N3S/c1-9-10(2)17-13(15-9)16(4)12-7-5-11(14-3)6-8-12/h11-12,14H,5-8H2,1-4H3. The summed E-state index contributed by atoms with van der Waals surface area (Å²) in [4.78, 5) is 8.38. The topological polar surface area (TPSA) is 28.2 Å².